The van der Waals surface area contributed by atoms with E-state index < -0.39 is 47.4 Å². The minimum atomic E-state index is -4.51. The Bertz CT molecular complexity index is 1280. The summed E-state index contributed by atoms with van der Waals surface area (Å²) in [5.41, 5.74) is 5.53. The number of amides is 5. The second-order valence-corrected chi connectivity index (χ2v) is 10.9. The maximum absolute atomic E-state index is 13.5. The number of anilines is 1. The fraction of sp³-hybridized carbons (Fsp3) is 0.500. The molecule has 40 heavy (non-hydrogen) atoms. The van der Waals surface area contributed by atoms with Gasteiger partial charge in [0.15, 0.2) is 5.13 Å². The van der Waals surface area contributed by atoms with Crippen molar-refractivity contribution in [2.24, 2.45) is 5.73 Å². The van der Waals surface area contributed by atoms with Crippen LogP contribution in [0.3, 0.4) is 0 Å². The maximum atomic E-state index is 13.5. The van der Waals surface area contributed by atoms with Crippen LogP contribution < -0.4 is 21.8 Å². The number of halogens is 3. The molecule has 0 unspecified atom stereocenters. The molecular formula is C24H30F3N7O5S. The SMILES string of the molecule is Cc1nc(NC(=O)N2C[C@H](NC(=O)CCCC(=O)NO)C[C@H]2C(N)=O)sc1-c1ccnc(C(C)(C)C(F)(F)F)c1. The topological polar surface area (TPSA) is 180 Å². The first kappa shape index (κ1) is 30.7. The van der Waals surface area contributed by atoms with Gasteiger partial charge in [-0.15, -0.1) is 0 Å². The number of carbonyl (C=O) groups excluding carboxylic acids is 4. The molecule has 6 N–H and O–H groups in total. The molecule has 12 nitrogen and oxygen atoms in total. The Morgan fingerprint density at radius 2 is 1.88 bits per heavy atom. The number of urea groups is 1. The Balaban J connectivity index is 1.70. The molecule has 0 bridgehead atoms. The number of likely N-dealkylation sites (tertiary alicyclic amines) is 1. The quantitative estimate of drug-likeness (QED) is 0.222. The number of pyridine rings is 1. The highest BCUT2D eigenvalue weighted by Crippen LogP contribution is 2.41. The van der Waals surface area contributed by atoms with Crippen LogP contribution in [0.1, 0.15) is 50.9 Å². The second-order valence-electron chi connectivity index (χ2n) is 9.88. The van der Waals surface area contributed by atoms with E-state index in [0.717, 1.165) is 25.2 Å². The predicted octanol–water partition coefficient (Wildman–Crippen LogP) is 2.61. The fourth-order valence-corrected chi connectivity index (χ4v) is 5.09. The van der Waals surface area contributed by atoms with Crippen molar-refractivity contribution in [1.29, 1.82) is 0 Å². The lowest BCUT2D eigenvalue weighted by Crippen LogP contribution is -2.46. The van der Waals surface area contributed by atoms with Crippen molar-refractivity contribution in [3.05, 3.63) is 29.7 Å². The summed E-state index contributed by atoms with van der Waals surface area (Å²) in [5, 5.41) is 14.0. The molecule has 1 saturated heterocycles. The molecule has 218 valence electrons. The molecule has 3 rings (SSSR count). The number of nitrogens with one attached hydrogen (secondary N) is 3. The monoisotopic (exact) mass is 585 g/mol. The third-order valence-corrected chi connectivity index (χ3v) is 7.69. The summed E-state index contributed by atoms with van der Waals surface area (Å²) in [6.45, 7) is 3.72. The number of primary amides is 1. The number of hydrogen-bond donors (Lipinski definition) is 5. The second kappa shape index (κ2) is 12.2. The third kappa shape index (κ3) is 7.04. The van der Waals surface area contributed by atoms with Gasteiger partial charge in [-0.1, -0.05) is 11.3 Å². The summed E-state index contributed by atoms with van der Waals surface area (Å²) in [4.78, 5) is 58.3. The molecule has 1 fully saturated rings. The molecule has 2 aromatic heterocycles. The molecule has 0 radical (unpaired) electrons. The van der Waals surface area contributed by atoms with Gasteiger partial charge in [0.1, 0.15) is 11.5 Å². The lowest BCUT2D eigenvalue weighted by atomic mass is 9.87. The number of nitrogens with two attached hydrogens (primary N) is 1. The van der Waals surface area contributed by atoms with Gasteiger partial charge in [0.2, 0.25) is 17.7 Å². The fourth-order valence-electron chi connectivity index (χ4n) is 4.14. The molecule has 1 aliphatic heterocycles. The Kier molecular flexibility index (Phi) is 9.35. The zero-order valence-electron chi connectivity index (χ0n) is 22.0. The van der Waals surface area contributed by atoms with Gasteiger partial charge >= 0.3 is 12.2 Å². The van der Waals surface area contributed by atoms with Gasteiger partial charge < -0.3 is 16.0 Å². The van der Waals surface area contributed by atoms with E-state index in [4.69, 9.17) is 10.9 Å². The molecule has 0 saturated carbocycles. The first-order chi connectivity index (χ1) is 18.6. The highest BCUT2D eigenvalue weighted by molar-refractivity contribution is 7.19. The van der Waals surface area contributed by atoms with Crippen LogP contribution in [0.2, 0.25) is 0 Å². The molecule has 2 aromatic rings. The van der Waals surface area contributed by atoms with E-state index in [-0.39, 0.29) is 43.1 Å². The number of hydrogen-bond acceptors (Lipinski definition) is 8. The van der Waals surface area contributed by atoms with Gasteiger partial charge in [-0.25, -0.2) is 15.3 Å². The maximum Gasteiger partial charge on any atom is 0.399 e. The van der Waals surface area contributed by atoms with Crippen molar-refractivity contribution in [3.8, 4) is 10.4 Å². The molecule has 0 spiro atoms. The van der Waals surface area contributed by atoms with Gasteiger partial charge in [-0.2, -0.15) is 13.2 Å². The van der Waals surface area contributed by atoms with Crippen LogP contribution in [0.5, 0.6) is 0 Å². The summed E-state index contributed by atoms with van der Waals surface area (Å²) in [6, 6.07) is 0.637. The zero-order valence-corrected chi connectivity index (χ0v) is 22.8. The summed E-state index contributed by atoms with van der Waals surface area (Å²) in [6.07, 6.45) is -3.01. The summed E-state index contributed by atoms with van der Waals surface area (Å²) in [7, 11) is 0. The number of aryl methyl sites for hydroxylation is 1. The van der Waals surface area contributed by atoms with Crippen molar-refractivity contribution in [1.82, 2.24) is 25.7 Å². The van der Waals surface area contributed by atoms with E-state index in [9.17, 15) is 32.3 Å². The summed E-state index contributed by atoms with van der Waals surface area (Å²) in [5.74, 6) is -1.79. The molecule has 2 atom stereocenters. The molecule has 0 aromatic carbocycles. The molecule has 5 amide bonds. The van der Waals surface area contributed by atoms with E-state index >= 15 is 0 Å². The van der Waals surface area contributed by atoms with Gasteiger partial charge in [0.25, 0.3) is 0 Å². The van der Waals surface area contributed by atoms with E-state index in [1.54, 1.807) is 13.0 Å². The summed E-state index contributed by atoms with van der Waals surface area (Å²) < 4.78 is 40.6. The highest BCUT2D eigenvalue weighted by Gasteiger charge is 2.49. The van der Waals surface area contributed by atoms with E-state index in [0.29, 0.717) is 16.1 Å². The molecule has 0 aliphatic carbocycles. The smallest absolute Gasteiger partial charge is 0.368 e. The predicted molar refractivity (Wildman–Crippen MR) is 138 cm³/mol. The number of carbonyl (C=O) groups is 4. The van der Waals surface area contributed by atoms with Crippen LogP contribution in [0.15, 0.2) is 18.3 Å². The third-order valence-electron chi connectivity index (χ3n) is 6.57. The van der Waals surface area contributed by atoms with Crippen molar-refractivity contribution in [2.75, 3.05) is 11.9 Å². The van der Waals surface area contributed by atoms with Gasteiger partial charge in [0.05, 0.1) is 16.3 Å². The number of hydroxylamine groups is 1. The highest BCUT2D eigenvalue weighted by atomic mass is 32.1. The van der Waals surface area contributed by atoms with Gasteiger partial charge in [0, 0.05) is 31.6 Å². The number of rotatable bonds is 9. The number of alkyl halides is 3. The zero-order chi connectivity index (χ0) is 29.8. The van der Waals surface area contributed by atoms with E-state index in [2.05, 4.69) is 20.6 Å². The van der Waals surface area contributed by atoms with Crippen LogP contribution in [-0.4, -0.2) is 68.6 Å². The first-order valence-corrected chi connectivity index (χ1v) is 13.1. The normalized spacial score (nSPS) is 17.4. The Morgan fingerprint density at radius 1 is 1.20 bits per heavy atom. The van der Waals surface area contributed by atoms with Crippen molar-refractivity contribution >= 4 is 40.2 Å². The number of nitrogens with zero attached hydrogens (tertiary/aromatic N) is 3. The van der Waals surface area contributed by atoms with Crippen LogP contribution in [0.25, 0.3) is 10.4 Å². The first-order valence-electron chi connectivity index (χ1n) is 12.2. The van der Waals surface area contributed by atoms with Crippen LogP contribution in [-0.2, 0) is 19.8 Å². The van der Waals surface area contributed by atoms with Crippen LogP contribution in [0.4, 0.5) is 23.1 Å². The van der Waals surface area contributed by atoms with Gasteiger partial charge in [-0.3, -0.25) is 29.9 Å². The van der Waals surface area contributed by atoms with Gasteiger partial charge in [-0.05, 0) is 51.3 Å². The number of aromatic nitrogens is 2. The van der Waals surface area contributed by atoms with Crippen molar-refractivity contribution < 1.29 is 37.6 Å². The Hall–Kier alpha value is -3.79. The number of thiazole rings is 1. The molecule has 16 heteroatoms. The Morgan fingerprint density at radius 3 is 2.50 bits per heavy atom. The Labute approximate surface area is 231 Å². The minimum absolute atomic E-state index is 0.00457. The molecule has 3 heterocycles. The molecule has 1 aliphatic rings. The van der Waals surface area contributed by atoms with Crippen LogP contribution >= 0.6 is 11.3 Å². The average Bonchev–Trinajstić information content (AvgIpc) is 3.46. The summed E-state index contributed by atoms with van der Waals surface area (Å²) >= 11 is 1.05. The largest absolute Gasteiger partial charge is 0.399 e. The molecular weight excluding hydrogens is 555 g/mol. The van der Waals surface area contributed by atoms with Crippen LogP contribution in [0, 0.1) is 6.92 Å². The van der Waals surface area contributed by atoms with Crippen molar-refractivity contribution in [2.45, 2.75) is 70.1 Å². The lowest BCUT2D eigenvalue weighted by Gasteiger charge is -2.27. The average molecular weight is 586 g/mol. The van der Waals surface area contributed by atoms with E-state index in [1.807, 2.05) is 0 Å². The minimum Gasteiger partial charge on any atom is -0.368 e. The van der Waals surface area contributed by atoms with E-state index in [1.165, 1.54) is 22.6 Å². The standard InChI is InChI=1S/C24H30F3N7O5S/c1-12-19(13-7-8-29-16(9-13)23(2,3)24(25,26)27)40-21(30-12)32-22(38)34-11-14(10-15(34)20(28)37)31-17(35)5-4-6-18(36)33-39/h7-9,14-15,39H,4-6,10-11H2,1-3H3,(H2,28,37)(H,31,35)(H,33,36)(H,30,32,38)/t14-,15+/m1/s1. The lowest BCUT2D eigenvalue weighted by molar-refractivity contribution is -0.181. The van der Waals surface area contributed by atoms with Crippen molar-refractivity contribution in [3.63, 3.8) is 0 Å².